The van der Waals surface area contributed by atoms with Gasteiger partial charge in [0, 0.05) is 6.54 Å². The molecule has 2 aromatic rings. The minimum atomic E-state index is -0.249. The second-order valence-corrected chi connectivity index (χ2v) is 7.19. The maximum atomic E-state index is 12.2. The third-order valence-corrected chi connectivity index (χ3v) is 5.21. The summed E-state index contributed by atoms with van der Waals surface area (Å²) in [5.74, 6) is 0.923. The van der Waals surface area contributed by atoms with Crippen LogP contribution in [-0.2, 0) is 11.3 Å². The first-order chi connectivity index (χ1) is 12.8. The molecule has 2 aromatic carbocycles. The molecule has 4 nitrogen and oxygen atoms in total. The van der Waals surface area contributed by atoms with Crippen LogP contribution in [0.4, 0.5) is 4.79 Å². The van der Waals surface area contributed by atoms with Crippen LogP contribution in [0.25, 0.3) is 0 Å². The highest BCUT2D eigenvalue weighted by Crippen LogP contribution is 2.28. The molecular weight excluding hydrogens is 326 g/mol. The minimum absolute atomic E-state index is 0.183. The van der Waals surface area contributed by atoms with Crippen molar-refractivity contribution in [1.29, 1.82) is 0 Å². The highest BCUT2D eigenvalue weighted by molar-refractivity contribution is 5.70. The number of ether oxygens (including phenoxy) is 2. The Morgan fingerprint density at radius 2 is 1.69 bits per heavy atom. The van der Waals surface area contributed by atoms with E-state index in [-0.39, 0.29) is 12.2 Å². The number of carbonyl (C=O) groups excluding carboxylic acids is 1. The molecule has 0 bridgehead atoms. The molecule has 0 N–H and O–H groups in total. The summed E-state index contributed by atoms with van der Waals surface area (Å²) >= 11 is 0. The van der Waals surface area contributed by atoms with Gasteiger partial charge in [0.05, 0.1) is 12.6 Å². The monoisotopic (exact) mass is 351 g/mol. The Labute approximate surface area is 154 Å². The molecule has 4 rings (SSSR count). The number of hydrogen-bond acceptors (Lipinski definition) is 3. The molecule has 26 heavy (non-hydrogen) atoms. The average Bonchev–Trinajstić information content (AvgIpc) is 3.05. The minimum Gasteiger partial charge on any atom is -0.490 e. The van der Waals surface area contributed by atoms with Crippen molar-refractivity contribution in [2.45, 2.75) is 50.9 Å². The summed E-state index contributed by atoms with van der Waals surface area (Å²) in [7, 11) is 0. The van der Waals surface area contributed by atoms with Gasteiger partial charge < -0.3 is 9.47 Å². The molecule has 2 fully saturated rings. The van der Waals surface area contributed by atoms with E-state index < -0.39 is 0 Å². The Hall–Kier alpha value is -2.49. The largest absolute Gasteiger partial charge is 0.490 e. The lowest BCUT2D eigenvalue weighted by atomic mass is 9.98. The average molecular weight is 351 g/mol. The third kappa shape index (κ3) is 4.01. The highest BCUT2D eigenvalue weighted by Gasteiger charge is 2.32. The van der Waals surface area contributed by atoms with Crippen molar-refractivity contribution < 1.29 is 14.3 Å². The fourth-order valence-electron chi connectivity index (χ4n) is 3.75. The first-order valence-electron chi connectivity index (χ1n) is 9.54. The van der Waals surface area contributed by atoms with Crippen LogP contribution in [0.5, 0.6) is 5.75 Å². The lowest BCUT2D eigenvalue weighted by molar-refractivity contribution is 0.132. The van der Waals surface area contributed by atoms with Crippen molar-refractivity contribution in [1.82, 2.24) is 4.90 Å². The lowest BCUT2D eigenvalue weighted by Crippen LogP contribution is -2.23. The van der Waals surface area contributed by atoms with Gasteiger partial charge in [-0.2, -0.15) is 0 Å². The van der Waals surface area contributed by atoms with Crippen LogP contribution in [0.15, 0.2) is 54.6 Å². The molecule has 1 saturated heterocycles. The number of cyclic esters (lactones) is 1. The Balaban J connectivity index is 1.34. The van der Waals surface area contributed by atoms with Gasteiger partial charge in [-0.15, -0.1) is 0 Å². The zero-order valence-electron chi connectivity index (χ0n) is 15.0. The molecule has 1 aliphatic heterocycles. The van der Waals surface area contributed by atoms with E-state index in [4.69, 9.17) is 9.47 Å². The number of benzene rings is 2. The van der Waals surface area contributed by atoms with Crippen molar-refractivity contribution in [3.8, 4) is 5.75 Å². The van der Waals surface area contributed by atoms with E-state index in [0.29, 0.717) is 19.2 Å². The molecule has 1 heterocycles. The molecule has 1 atom stereocenters. The predicted octanol–water partition coefficient (Wildman–Crippen LogP) is 5.09. The Bertz CT molecular complexity index is 723. The smallest absolute Gasteiger partial charge is 0.410 e. The third-order valence-electron chi connectivity index (χ3n) is 5.21. The lowest BCUT2D eigenvalue weighted by Gasteiger charge is -2.23. The maximum Gasteiger partial charge on any atom is 0.410 e. The van der Waals surface area contributed by atoms with E-state index >= 15 is 0 Å². The SMILES string of the molecule is O=C1OC(c2ccccc2)CN1Cc1ccc(OC2CCCCC2)cc1. The van der Waals surface area contributed by atoms with Gasteiger partial charge in [-0.1, -0.05) is 48.9 Å². The van der Waals surface area contributed by atoms with E-state index in [9.17, 15) is 4.79 Å². The molecule has 4 heteroatoms. The van der Waals surface area contributed by atoms with Crippen LogP contribution in [0.3, 0.4) is 0 Å². The summed E-state index contributed by atoms with van der Waals surface area (Å²) in [5.41, 5.74) is 2.13. The van der Waals surface area contributed by atoms with Gasteiger partial charge >= 0.3 is 6.09 Å². The molecule has 1 saturated carbocycles. The zero-order valence-corrected chi connectivity index (χ0v) is 15.0. The number of amides is 1. The zero-order chi connectivity index (χ0) is 17.8. The standard InChI is InChI=1S/C22H25NO3/c24-22-23(16-21(26-22)18-7-3-1-4-8-18)15-17-11-13-20(14-12-17)25-19-9-5-2-6-10-19/h1,3-4,7-8,11-14,19,21H,2,5-6,9-10,15-16H2. The van der Waals surface area contributed by atoms with Crippen LogP contribution in [0, 0.1) is 0 Å². The van der Waals surface area contributed by atoms with Gasteiger partial charge in [0.1, 0.15) is 11.9 Å². The van der Waals surface area contributed by atoms with Crippen molar-refractivity contribution in [2.24, 2.45) is 0 Å². The number of rotatable bonds is 5. The van der Waals surface area contributed by atoms with Gasteiger partial charge in [0.2, 0.25) is 0 Å². The van der Waals surface area contributed by atoms with E-state index in [1.807, 2.05) is 54.6 Å². The van der Waals surface area contributed by atoms with E-state index in [1.54, 1.807) is 4.90 Å². The first kappa shape index (κ1) is 17.0. The summed E-state index contributed by atoms with van der Waals surface area (Å²) in [5, 5.41) is 0. The van der Waals surface area contributed by atoms with Crippen LogP contribution in [0.2, 0.25) is 0 Å². The molecule has 1 unspecified atom stereocenters. The van der Waals surface area contributed by atoms with Gasteiger partial charge in [0.15, 0.2) is 0 Å². The summed E-state index contributed by atoms with van der Waals surface area (Å²) in [6.07, 6.45) is 6.10. The van der Waals surface area contributed by atoms with Gasteiger partial charge in [-0.25, -0.2) is 4.79 Å². The van der Waals surface area contributed by atoms with Crippen LogP contribution < -0.4 is 4.74 Å². The second kappa shape index (κ2) is 7.81. The van der Waals surface area contributed by atoms with E-state index in [2.05, 4.69) is 0 Å². The van der Waals surface area contributed by atoms with Gasteiger partial charge in [-0.3, -0.25) is 4.90 Å². The maximum absolute atomic E-state index is 12.2. The topological polar surface area (TPSA) is 38.8 Å². The Morgan fingerprint density at radius 1 is 0.962 bits per heavy atom. The van der Waals surface area contributed by atoms with E-state index in [0.717, 1.165) is 29.7 Å². The molecular formula is C22H25NO3. The molecule has 136 valence electrons. The van der Waals surface area contributed by atoms with Crippen molar-refractivity contribution in [3.63, 3.8) is 0 Å². The quantitative estimate of drug-likeness (QED) is 0.753. The summed E-state index contributed by atoms with van der Waals surface area (Å²) in [4.78, 5) is 13.9. The van der Waals surface area contributed by atoms with Gasteiger partial charge in [0.25, 0.3) is 0 Å². The molecule has 0 spiro atoms. The summed E-state index contributed by atoms with van der Waals surface area (Å²) < 4.78 is 11.6. The Kier molecular flexibility index (Phi) is 5.09. The molecule has 0 aromatic heterocycles. The van der Waals surface area contributed by atoms with Crippen LogP contribution in [-0.4, -0.2) is 23.6 Å². The predicted molar refractivity (Wildman–Crippen MR) is 100 cm³/mol. The fourth-order valence-corrected chi connectivity index (χ4v) is 3.75. The van der Waals surface area contributed by atoms with Crippen molar-refractivity contribution in [3.05, 3.63) is 65.7 Å². The number of nitrogens with zero attached hydrogens (tertiary/aromatic N) is 1. The molecule has 1 amide bonds. The highest BCUT2D eigenvalue weighted by atomic mass is 16.6. The second-order valence-electron chi connectivity index (χ2n) is 7.19. The molecule has 1 aliphatic carbocycles. The first-order valence-corrected chi connectivity index (χ1v) is 9.54. The molecule has 2 aliphatic rings. The number of carbonyl (C=O) groups is 1. The van der Waals surface area contributed by atoms with E-state index in [1.165, 1.54) is 19.3 Å². The normalized spacial score (nSPS) is 20.8. The van der Waals surface area contributed by atoms with Crippen molar-refractivity contribution >= 4 is 6.09 Å². The van der Waals surface area contributed by atoms with Gasteiger partial charge in [-0.05, 0) is 48.9 Å². The van der Waals surface area contributed by atoms with Crippen LogP contribution >= 0.6 is 0 Å². The van der Waals surface area contributed by atoms with Crippen LogP contribution in [0.1, 0.15) is 49.3 Å². The van der Waals surface area contributed by atoms with Crippen molar-refractivity contribution in [2.75, 3.05) is 6.54 Å². The summed E-state index contributed by atoms with van der Waals surface area (Å²) in [6, 6.07) is 18.0. The Morgan fingerprint density at radius 3 is 2.42 bits per heavy atom. The fraction of sp³-hybridized carbons (Fsp3) is 0.409. The summed E-state index contributed by atoms with van der Waals surface area (Å²) in [6.45, 7) is 1.15. The number of hydrogen-bond donors (Lipinski definition) is 0. The molecule has 0 radical (unpaired) electrons.